The zero-order valence-electron chi connectivity index (χ0n) is 6.57. The maximum absolute atomic E-state index is 12.6. The van der Waals surface area contributed by atoms with E-state index in [9.17, 15) is 4.39 Å². The average molecular weight is 142 g/mol. The summed E-state index contributed by atoms with van der Waals surface area (Å²) in [6, 6.07) is 0. The maximum Gasteiger partial charge on any atom is 0.0962 e. The highest BCUT2D eigenvalue weighted by molar-refractivity contribution is 4.97. The van der Waals surface area contributed by atoms with Crippen LogP contribution in [-0.4, -0.2) is 0 Å². The second-order valence-corrected chi connectivity index (χ2v) is 3.09. The molecule has 0 heterocycles. The summed E-state index contributed by atoms with van der Waals surface area (Å²) < 4.78 is 12.6. The Balaban J connectivity index is 2.30. The lowest BCUT2D eigenvalue weighted by Gasteiger charge is -2.17. The molecule has 1 aliphatic rings. The predicted molar refractivity (Wildman–Crippen MR) is 41.4 cm³/mol. The van der Waals surface area contributed by atoms with Crippen molar-refractivity contribution in [3.8, 4) is 0 Å². The molecule has 0 saturated carbocycles. The summed E-state index contributed by atoms with van der Waals surface area (Å²) in [6.45, 7) is 2.16. The minimum Gasteiger partial charge on any atom is -0.212 e. The predicted octanol–water partition coefficient (Wildman–Crippen LogP) is 3.44. The van der Waals surface area contributed by atoms with Gasteiger partial charge in [-0.3, -0.25) is 0 Å². The fourth-order valence-electron chi connectivity index (χ4n) is 1.59. The monoisotopic (exact) mass is 142 g/mol. The number of allylic oxidation sites excluding steroid dienone is 2. The van der Waals surface area contributed by atoms with Crippen molar-refractivity contribution in [2.24, 2.45) is 5.92 Å². The van der Waals surface area contributed by atoms with Crippen molar-refractivity contribution in [1.82, 2.24) is 0 Å². The summed E-state index contributed by atoms with van der Waals surface area (Å²) >= 11 is 0. The van der Waals surface area contributed by atoms with Gasteiger partial charge in [0.15, 0.2) is 0 Å². The SMILES string of the molecule is CCCC1CCC=C(F)C1. The molecule has 0 amide bonds. The zero-order valence-corrected chi connectivity index (χ0v) is 6.57. The first-order valence-electron chi connectivity index (χ1n) is 4.17. The fourth-order valence-corrected chi connectivity index (χ4v) is 1.59. The van der Waals surface area contributed by atoms with Gasteiger partial charge in [0, 0.05) is 6.42 Å². The van der Waals surface area contributed by atoms with E-state index in [1.54, 1.807) is 6.08 Å². The van der Waals surface area contributed by atoms with E-state index in [0.717, 1.165) is 6.42 Å². The molecule has 1 atom stereocenters. The Kier molecular flexibility index (Phi) is 2.91. The van der Waals surface area contributed by atoms with Crippen LogP contribution in [0.25, 0.3) is 0 Å². The molecule has 0 N–H and O–H groups in total. The Bertz CT molecular complexity index is 127. The minimum absolute atomic E-state index is 0.115. The van der Waals surface area contributed by atoms with Gasteiger partial charge < -0.3 is 0 Å². The Morgan fingerprint density at radius 3 is 3.10 bits per heavy atom. The minimum atomic E-state index is 0.115. The smallest absolute Gasteiger partial charge is 0.0962 e. The number of hydrogen-bond acceptors (Lipinski definition) is 0. The largest absolute Gasteiger partial charge is 0.212 e. The molecule has 0 nitrogen and oxygen atoms in total. The summed E-state index contributed by atoms with van der Waals surface area (Å²) in [5.74, 6) is 0.750. The summed E-state index contributed by atoms with van der Waals surface area (Å²) in [5.41, 5.74) is 0. The zero-order chi connectivity index (χ0) is 7.40. The van der Waals surface area contributed by atoms with Gasteiger partial charge in [-0.05, 0) is 18.8 Å². The van der Waals surface area contributed by atoms with Crippen LogP contribution in [-0.2, 0) is 0 Å². The van der Waals surface area contributed by atoms with E-state index in [4.69, 9.17) is 0 Å². The van der Waals surface area contributed by atoms with Gasteiger partial charge >= 0.3 is 0 Å². The van der Waals surface area contributed by atoms with Gasteiger partial charge in [-0.1, -0.05) is 25.8 Å². The number of hydrogen-bond donors (Lipinski definition) is 0. The fraction of sp³-hybridized carbons (Fsp3) is 0.778. The van der Waals surface area contributed by atoms with Crippen LogP contribution in [0.1, 0.15) is 39.0 Å². The van der Waals surface area contributed by atoms with E-state index >= 15 is 0 Å². The van der Waals surface area contributed by atoms with Crippen molar-refractivity contribution in [2.45, 2.75) is 39.0 Å². The quantitative estimate of drug-likeness (QED) is 0.554. The normalized spacial score (nSPS) is 26.2. The van der Waals surface area contributed by atoms with E-state index in [2.05, 4.69) is 6.92 Å². The third kappa shape index (κ3) is 2.13. The van der Waals surface area contributed by atoms with Crippen LogP contribution in [0.2, 0.25) is 0 Å². The first kappa shape index (κ1) is 7.77. The Hall–Kier alpha value is -0.330. The molecule has 0 bridgehead atoms. The van der Waals surface area contributed by atoms with Crippen molar-refractivity contribution in [2.75, 3.05) is 0 Å². The highest BCUT2D eigenvalue weighted by atomic mass is 19.1. The molecule has 1 unspecified atom stereocenters. The molecule has 0 aliphatic heterocycles. The summed E-state index contributed by atoms with van der Waals surface area (Å²) in [4.78, 5) is 0. The molecule has 0 aromatic carbocycles. The van der Waals surface area contributed by atoms with Gasteiger partial charge in [-0.2, -0.15) is 0 Å². The molecule has 0 saturated heterocycles. The first-order valence-corrected chi connectivity index (χ1v) is 4.17. The highest BCUT2D eigenvalue weighted by Gasteiger charge is 2.13. The molecular weight excluding hydrogens is 127 g/mol. The lowest BCUT2D eigenvalue weighted by molar-refractivity contribution is 0.383. The maximum atomic E-state index is 12.6. The van der Waals surface area contributed by atoms with Crippen molar-refractivity contribution in [1.29, 1.82) is 0 Å². The van der Waals surface area contributed by atoms with Gasteiger partial charge in [0.25, 0.3) is 0 Å². The molecule has 0 spiro atoms. The standard InChI is InChI=1S/C9H15F/c1-2-4-8-5-3-6-9(10)7-8/h6,8H,2-5,7H2,1H3. The number of rotatable bonds is 2. The Morgan fingerprint density at radius 1 is 1.70 bits per heavy atom. The van der Waals surface area contributed by atoms with E-state index in [-0.39, 0.29) is 5.83 Å². The molecule has 0 radical (unpaired) electrons. The molecule has 0 aromatic rings. The topological polar surface area (TPSA) is 0 Å². The molecule has 58 valence electrons. The van der Waals surface area contributed by atoms with Crippen molar-refractivity contribution in [3.05, 3.63) is 11.9 Å². The van der Waals surface area contributed by atoms with Gasteiger partial charge in [0.05, 0.1) is 5.83 Å². The molecule has 1 aliphatic carbocycles. The average Bonchev–Trinajstić information content (AvgIpc) is 1.88. The summed E-state index contributed by atoms with van der Waals surface area (Å²) in [6.07, 6.45) is 6.97. The summed E-state index contributed by atoms with van der Waals surface area (Å²) in [5, 5.41) is 0. The van der Waals surface area contributed by atoms with Crippen LogP contribution in [0.3, 0.4) is 0 Å². The third-order valence-electron chi connectivity index (χ3n) is 2.12. The second kappa shape index (κ2) is 3.75. The molecule has 0 fully saturated rings. The number of halogens is 1. The van der Waals surface area contributed by atoms with Gasteiger partial charge in [0.1, 0.15) is 0 Å². The second-order valence-electron chi connectivity index (χ2n) is 3.09. The van der Waals surface area contributed by atoms with Crippen LogP contribution >= 0.6 is 0 Å². The van der Waals surface area contributed by atoms with Crippen molar-refractivity contribution >= 4 is 0 Å². The lowest BCUT2D eigenvalue weighted by Crippen LogP contribution is -2.03. The van der Waals surface area contributed by atoms with Gasteiger partial charge in [-0.15, -0.1) is 0 Å². The van der Waals surface area contributed by atoms with Crippen LogP contribution in [0.15, 0.2) is 11.9 Å². The Morgan fingerprint density at radius 2 is 2.50 bits per heavy atom. The Labute approximate surface area is 62.1 Å². The molecule has 1 rings (SSSR count). The van der Waals surface area contributed by atoms with Crippen molar-refractivity contribution in [3.63, 3.8) is 0 Å². The van der Waals surface area contributed by atoms with Crippen LogP contribution in [0.4, 0.5) is 4.39 Å². The molecule has 10 heavy (non-hydrogen) atoms. The molecular formula is C9H15F. The van der Waals surface area contributed by atoms with Crippen LogP contribution < -0.4 is 0 Å². The van der Waals surface area contributed by atoms with E-state index in [1.807, 2.05) is 0 Å². The van der Waals surface area contributed by atoms with E-state index in [0.29, 0.717) is 12.3 Å². The van der Waals surface area contributed by atoms with Crippen LogP contribution in [0.5, 0.6) is 0 Å². The van der Waals surface area contributed by atoms with E-state index < -0.39 is 0 Å². The first-order chi connectivity index (χ1) is 4.83. The molecule has 1 heteroatoms. The third-order valence-corrected chi connectivity index (χ3v) is 2.12. The summed E-state index contributed by atoms with van der Waals surface area (Å²) in [7, 11) is 0. The van der Waals surface area contributed by atoms with Crippen LogP contribution in [0, 0.1) is 5.92 Å². The molecule has 0 aromatic heterocycles. The van der Waals surface area contributed by atoms with Gasteiger partial charge in [-0.25, -0.2) is 4.39 Å². The van der Waals surface area contributed by atoms with Gasteiger partial charge in [0.2, 0.25) is 0 Å². The van der Waals surface area contributed by atoms with Crippen molar-refractivity contribution < 1.29 is 4.39 Å². The lowest BCUT2D eigenvalue weighted by atomic mass is 9.90. The van der Waals surface area contributed by atoms with E-state index in [1.165, 1.54) is 19.3 Å². The highest BCUT2D eigenvalue weighted by Crippen LogP contribution is 2.27.